The molecule has 19 heavy (non-hydrogen) atoms. The van der Waals surface area contributed by atoms with E-state index in [2.05, 4.69) is 16.2 Å². The maximum absolute atomic E-state index is 13.2. The van der Waals surface area contributed by atoms with Gasteiger partial charge < -0.3 is 10.4 Å². The lowest BCUT2D eigenvalue weighted by atomic mass is 10.2. The summed E-state index contributed by atoms with van der Waals surface area (Å²) in [5, 5.41) is 11.2. The molecule has 0 aliphatic carbocycles. The highest BCUT2D eigenvalue weighted by Crippen LogP contribution is 2.16. The molecule has 4 N–H and O–H groups in total. The minimum absolute atomic E-state index is 0.0479. The number of carbonyl (C=O) groups is 1. The second kappa shape index (κ2) is 7.52. The van der Waals surface area contributed by atoms with Crippen LogP contribution >= 0.6 is 0 Å². The maximum Gasteiger partial charge on any atom is 0.333 e. The molecular weight excluding hydrogens is 256 g/mol. The van der Waals surface area contributed by atoms with Gasteiger partial charge in [0.25, 0.3) is 0 Å². The minimum atomic E-state index is -0.798. The van der Waals surface area contributed by atoms with E-state index in [1.165, 1.54) is 6.07 Å². The molecule has 1 unspecified atom stereocenters. The highest BCUT2D eigenvalue weighted by molar-refractivity contribution is 5.75. The first-order valence-corrected chi connectivity index (χ1v) is 5.92. The summed E-state index contributed by atoms with van der Waals surface area (Å²) in [7, 11) is 0. The molecule has 7 heteroatoms. The van der Waals surface area contributed by atoms with Crippen LogP contribution < -0.4 is 16.2 Å². The molecule has 1 atom stereocenters. The van der Waals surface area contributed by atoms with E-state index in [-0.39, 0.29) is 12.6 Å². The SMILES string of the molecule is CC(CCCO)NC(=O)NNc1c(F)cccc1F. The van der Waals surface area contributed by atoms with Gasteiger partial charge in [-0.3, -0.25) is 10.9 Å². The molecule has 0 spiro atoms. The molecule has 0 saturated heterocycles. The van der Waals surface area contributed by atoms with Crippen molar-refractivity contribution in [2.24, 2.45) is 0 Å². The van der Waals surface area contributed by atoms with Gasteiger partial charge in [0.15, 0.2) is 11.6 Å². The molecule has 0 aliphatic rings. The average Bonchev–Trinajstić information content (AvgIpc) is 2.35. The molecule has 0 heterocycles. The van der Waals surface area contributed by atoms with Crippen LogP contribution in [0.4, 0.5) is 19.3 Å². The molecule has 106 valence electrons. The van der Waals surface area contributed by atoms with Crippen LogP contribution in [0, 0.1) is 11.6 Å². The van der Waals surface area contributed by atoms with E-state index in [4.69, 9.17) is 5.11 Å². The summed E-state index contributed by atoms with van der Waals surface area (Å²) >= 11 is 0. The summed E-state index contributed by atoms with van der Waals surface area (Å²) in [6.45, 7) is 1.81. The topological polar surface area (TPSA) is 73.4 Å². The van der Waals surface area contributed by atoms with E-state index in [1.54, 1.807) is 6.92 Å². The van der Waals surface area contributed by atoms with E-state index in [1.807, 2.05) is 0 Å². The van der Waals surface area contributed by atoms with Crippen molar-refractivity contribution in [2.75, 3.05) is 12.0 Å². The predicted octanol–water partition coefficient (Wildman–Crippen LogP) is 1.75. The zero-order valence-corrected chi connectivity index (χ0v) is 10.5. The van der Waals surface area contributed by atoms with Crippen molar-refractivity contribution >= 4 is 11.7 Å². The Balaban J connectivity index is 2.42. The molecule has 0 radical (unpaired) electrons. The lowest BCUT2D eigenvalue weighted by molar-refractivity contribution is 0.236. The number of hydrogen-bond donors (Lipinski definition) is 4. The van der Waals surface area contributed by atoms with Gasteiger partial charge in [0, 0.05) is 12.6 Å². The van der Waals surface area contributed by atoms with Crippen LogP contribution in [0.3, 0.4) is 0 Å². The van der Waals surface area contributed by atoms with Crippen molar-refractivity contribution < 1.29 is 18.7 Å². The Morgan fingerprint density at radius 1 is 1.37 bits per heavy atom. The molecule has 0 aliphatic heterocycles. The standard InChI is InChI=1S/C12H17F2N3O2/c1-8(4-3-7-18)15-12(19)17-16-11-9(13)5-2-6-10(11)14/h2,5-6,8,16,18H,3-4,7H2,1H3,(H2,15,17,19). The second-order valence-corrected chi connectivity index (χ2v) is 4.09. The van der Waals surface area contributed by atoms with Crippen LogP contribution in [0.5, 0.6) is 0 Å². The van der Waals surface area contributed by atoms with Crippen molar-refractivity contribution in [1.82, 2.24) is 10.7 Å². The molecular formula is C12H17F2N3O2. The lowest BCUT2D eigenvalue weighted by Gasteiger charge is -2.15. The number of rotatable bonds is 6. The molecule has 0 fully saturated rings. The first-order chi connectivity index (χ1) is 9.04. The number of amides is 2. The van der Waals surface area contributed by atoms with Gasteiger partial charge in [-0.2, -0.15) is 0 Å². The third kappa shape index (κ3) is 5.09. The third-order valence-corrected chi connectivity index (χ3v) is 2.44. The number of hydrazine groups is 1. The summed E-state index contributed by atoms with van der Waals surface area (Å²) in [6.07, 6.45) is 1.18. The molecule has 0 aromatic heterocycles. The Labute approximate surface area is 110 Å². The Bertz CT molecular complexity index is 409. The fraction of sp³-hybridized carbons (Fsp3) is 0.417. The number of halogens is 2. The Morgan fingerprint density at radius 2 is 2.00 bits per heavy atom. The Morgan fingerprint density at radius 3 is 2.58 bits per heavy atom. The van der Waals surface area contributed by atoms with Crippen LogP contribution in [-0.4, -0.2) is 23.8 Å². The molecule has 2 amide bonds. The van der Waals surface area contributed by atoms with Gasteiger partial charge in [0.1, 0.15) is 5.69 Å². The van der Waals surface area contributed by atoms with Crippen molar-refractivity contribution in [2.45, 2.75) is 25.8 Å². The van der Waals surface area contributed by atoms with Gasteiger partial charge in [-0.05, 0) is 31.9 Å². The zero-order valence-electron chi connectivity index (χ0n) is 10.5. The summed E-state index contributed by atoms with van der Waals surface area (Å²) in [4.78, 5) is 11.4. The Kier molecular flexibility index (Phi) is 6.01. The quantitative estimate of drug-likeness (QED) is 0.597. The number of nitrogens with one attached hydrogen (secondary N) is 3. The van der Waals surface area contributed by atoms with E-state index >= 15 is 0 Å². The number of benzene rings is 1. The number of hydrogen-bond acceptors (Lipinski definition) is 3. The highest BCUT2D eigenvalue weighted by Gasteiger charge is 2.10. The fourth-order valence-corrected chi connectivity index (χ4v) is 1.47. The minimum Gasteiger partial charge on any atom is -0.396 e. The molecule has 1 rings (SSSR count). The zero-order chi connectivity index (χ0) is 14.3. The van der Waals surface area contributed by atoms with Crippen molar-refractivity contribution in [1.29, 1.82) is 0 Å². The first kappa shape index (κ1) is 15.2. The summed E-state index contributed by atoms with van der Waals surface area (Å²) in [6, 6.07) is 2.63. The van der Waals surface area contributed by atoms with Gasteiger partial charge in [-0.25, -0.2) is 13.6 Å². The van der Waals surface area contributed by atoms with Gasteiger partial charge in [0.05, 0.1) is 0 Å². The van der Waals surface area contributed by atoms with Crippen LogP contribution in [0.25, 0.3) is 0 Å². The van der Waals surface area contributed by atoms with E-state index in [0.717, 1.165) is 12.1 Å². The number of para-hydroxylation sites is 1. The molecule has 0 saturated carbocycles. The van der Waals surface area contributed by atoms with Gasteiger partial charge in [0.2, 0.25) is 0 Å². The van der Waals surface area contributed by atoms with Gasteiger partial charge in [-0.1, -0.05) is 6.07 Å². The number of anilines is 1. The van der Waals surface area contributed by atoms with Crippen LogP contribution in [0.15, 0.2) is 18.2 Å². The predicted molar refractivity (Wildman–Crippen MR) is 67.4 cm³/mol. The average molecular weight is 273 g/mol. The Hall–Kier alpha value is -1.89. The van der Waals surface area contributed by atoms with Crippen molar-refractivity contribution in [3.63, 3.8) is 0 Å². The van der Waals surface area contributed by atoms with Crippen molar-refractivity contribution in [3.8, 4) is 0 Å². The summed E-state index contributed by atoms with van der Waals surface area (Å²) in [5.74, 6) is -1.60. The van der Waals surface area contributed by atoms with E-state index in [9.17, 15) is 13.6 Å². The van der Waals surface area contributed by atoms with Crippen LogP contribution in [0.1, 0.15) is 19.8 Å². The fourth-order valence-electron chi connectivity index (χ4n) is 1.47. The molecule has 1 aromatic carbocycles. The first-order valence-electron chi connectivity index (χ1n) is 5.92. The number of carbonyl (C=O) groups excluding carboxylic acids is 1. The van der Waals surface area contributed by atoms with Crippen LogP contribution in [0.2, 0.25) is 0 Å². The summed E-state index contributed by atoms with van der Waals surface area (Å²) in [5.41, 5.74) is 3.91. The summed E-state index contributed by atoms with van der Waals surface area (Å²) < 4.78 is 26.5. The molecule has 0 bridgehead atoms. The number of aliphatic hydroxyl groups excluding tert-OH is 1. The van der Waals surface area contributed by atoms with E-state index < -0.39 is 23.4 Å². The van der Waals surface area contributed by atoms with Gasteiger partial charge in [-0.15, -0.1) is 0 Å². The normalized spacial score (nSPS) is 11.8. The molecule has 5 nitrogen and oxygen atoms in total. The second-order valence-electron chi connectivity index (χ2n) is 4.09. The monoisotopic (exact) mass is 273 g/mol. The smallest absolute Gasteiger partial charge is 0.333 e. The number of urea groups is 1. The van der Waals surface area contributed by atoms with Crippen molar-refractivity contribution in [3.05, 3.63) is 29.8 Å². The largest absolute Gasteiger partial charge is 0.396 e. The number of aliphatic hydroxyl groups is 1. The van der Waals surface area contributed by atoms with Crippen LogP contribution in [-0.2, 0) is 0 Å². The lowest BCUT2D eigenvalue weighted by Crippen LogP contribution is -2.43. The third-order valence-electron chi connectivity index (χ3n) is 2.44. The maximum atomic E-state index is 13.2. The molecule has 1 aromatic rings. The van der Waals surface area contributed by atoms with E-state index in [0.29, 0.717) is 12.8 Å². The highest BCUT2D eigenvalue weighted by atomic mass is 19.1. The van der Waals surface area contributed by atoms with Gasteiger partial charge >= 0.3 is 6.03 Å².